The van der Waals surface area contributed by atoms with Crippen molar-refractivity contribution in [3.8, 4) is 0 Å². The third-order valence-electron chi connectivity index (χ3n) is 4.99. The molecule has 0 bridgehead atoms. The number of nitro groups is 1. The van der Waals surface area contributed by atoms with Crippen molar-refractivity contribution in [3.63, 3.8) is 0 Å². The van der Waals surface area contributed by atoms with Gasteiger partial charge in [0, 0.05) is 13.1 Å². The molecule has 1 aromatic rings. The summed E-state index contributed by atoms with van der Waals surface area (Å²) in [6.45, 7) is 0.156. The Kier molecular flexibility index (Phi) is 3.65. The number of aromatic nitrogens is 1. The zero-order valence-corrected chi connectivity index (χ0v) is 12.4. The van der Waals surface area contributed by atoms with Gasteiger partial charge in [0.25, 0.3) is 0 Å². The van der Waals surface area contributed by atoms with Crippen LogP contribution in [0.15, 0.2) is 12.3 Å². The number of carboxylic acid groups (broad SMARTS) is 1. The Labute approximate surface area is 134 Å². The van der Waals surface area contributed by atoms with Crippen LogP contribution in [0.25, 0.3) is 0 Å². The van der Waals surface area contributed by atoms with Crippen molar-refractivity contribution in [1.29, 1.82) is 0 Å². The molecule has 1 aliphatic carbocycles. The predicted octanol–water partition coefficient (Wildman–Crippen LogP) is 2.70. The zero-order valence-electron chi connectivity index (χ0n) is 12.4. The van der Waals surface area contributed by atoms with Crippen LogP contribution in [-0.2, 0) is 11.0 Å². The molecular weight excluding hydrogens is 331 g/mol. The predicted molar refractivity (Wildman–Crippen MR) is 75.5 cm³/mol. The highest BCUT2D eigenvalue weighted by Gasteiger charge is 2.55. The standard InChI is InChI=1S/C14H14F3N3O4/c15-14(16,17)11-4-9(10(5-18-11)20(23)24)19-6-8-2-1-3-13(8,7-19)12(21)22/h4-5,8H,1-3,6-7H2,(H,21,22)/t8-,13+/m0/s1. The largest absolute Gasteiger partial charge is 0.481 e. The summed E-state index contributed by atoms with van der Waals surface area (Å²) in [6.07, 6.45) is -2.34. The number of carboxylic acids is 1. The van der Waals surface area contributed by atoms with Gasteiger partial charge in [-0.3, -0.25) is 14.9 Å². The van der Waals surface area contributed by atoms with E-state index in [0.29, 0.717) is 25.1 Å². The lowest BCUT2D eigenvalue weighted by Crippen LogP contribution is -2.35. The first kappa shape index (κ1) is 16.5. The van der Waals surface area contributed by atoms with E-state index in [1.807, 2.05) is 0 Å². The molecule has 0 spiro atoms. The average molecular weight is 345 g/mol. The lowest BCUT2D eigenvalue weighted by Gasteiger charge is -2.24. The zero-order chi connectivity index (χ0) is 17.7. The van der Waals surface area contributed by atoms with Crippen LogP contribution in [0.4, 0.5) is 24.5 Å². The Hall–Kier alpha value is -2.39. The molecule has 7 nitrogen and oxygen atoms in total. The lowest BCUT2D eigenvalue weighted by atomic mass is 9.81. The maximum absolute atomic E-state index is 12.9. The molecule has 0 amide bonds. The fraction of sp³-hybridized carbons (Fsp3) is 0.571. The van der Waals surface area contributed by atoms with Crippen molar-refractivity contribution in [2.75, 3.05) is 18.0 Å². The van der Waals surface area contributed by atoms with Crippen molar-refractivity contribution < 1.29 is 28.0 Å². The van der Waals surface area contributed by atoms with Crippen LogP contribution in [0, 0.1) is 21.4 Å². The molecule has 2 fully saturated rings. The maximum atomic E-state index is 12.9. The van der Waals surface area contributed by atoms with Crippen LogP contribution in [-0.4, -0.2) is 34.1 Å². The van der Waals surface area contributed by atoms with E-state index in [0.717, 1.165) is 6.42 Å². The molecular formula is C14H14F3N3O4. The van der Waals surface area contributed by atoms with E-state index >= 15 is 0 Å². The van der Waals surface area contributed by atoms with E-state index in [2.05, 4.69) is 4.98 Å². The van der Waals surface area contributed by atoms with Gasteiger partial charge in [-0.05, 0) is 24.8 Å². The molecule has 2 atom stereocenters. The summed E-state index contributed by atoms with van der Waals surface area (Å²) in [5.74, 6) is -1.22. The van der Waals surface area contributed by atoms with Gasteiger partial charge in [-0.1, -0.05) is 6.42 Å². The van der Waals surface area contributed by atoms with Crippen molar-refractivity contribution in [2.45, 2.75) is 25.4 Å². The first-order valence-corrected chi connectivity index (χ1v) is 7.35. The lowest BCUT2D eigenvalue weighted by molar-refractivity contribution is -0.384. The van der Waals surface area contributed by atoms with Crippen LogP contribution >= 0.6 is 0 Å². The highest BCUT2D eigenvalue weighted by atomic mass is 19.4. The minimum Gasteiger partial charge on any atom is -0.481 e. The first-order chi connectivity index (χ1) is 11.1. The van der Waals surface area contributed by atoms with Crippen LogP contribution in [0.3, 0.4) is 0 Å². The third kappa shape index (κ3) is 2.45. The molecule has 1 aromatic heterocycles. The molecule has 2 heterocycles. The quantitative estimate of drug-likeness (QED) is 0.668. The molecule has 10 heteroatoms. The molecule has 24 heavy (non-hydrogen) atoms. The number of fused-ring (bicyclic) bond motifs is 1. The summed E-state index contributed by atoms with van der Waals surface area (Å²) >= 11 is 0. The van der Waals surface area contributed by atoms with E-state index < -0.39 is 33.9 Å². The molecule has 0 radical (unpaired) electrons. The van der Waals surface area contributed by atoms with Gasteiger partial charge >= 0.3 is 17.8 Å². The maximum Gasteiger partial charge on any atom is 0.433 e. The monoisotopic (exact) mass is 345 g/mol. The van der Waals surface area contributed by atoms with E-state index in [1.165, 1.54) is 4.90 Å². The minimum absolute atomic E-state index is 0.0326. The van der Waals surface area contributed by atoms with Gasteiger partial charge in [-0.15, -0.1) is 0 Å². The van der Waals surface area contributed by atoms with E-state index in [4.69, 9.17) is 0 Å². The molecule has 1 aliphatic heterocycles. The molecule has 0 aromatic carbocycles. The fourth-order valence-electron chi connectivity index (χ4n) is 3.81. The van der Waals surface area contributed by atoms with Gasteiger partial charge in [-0.25, -0.2) is 4.98 Å². The van der Waals surface area contributed by atoms with Crippen LogP contribution in [0.5, 0.6) is 0 Å². The van der Waals surface area contributed by atoms with E-state index in [9.17, 15) is 33.2 Å². The molecule has 1 saturated heterocycles. The molecule has 0 unspecified atom stereocenters. The number of alkyl halides is 3. The molecule has 2 aliphatic rings. The summed E-state index contributed by atoms with van der Waals surface area (Å²) in [6, 6.07) is 0.634. The van der Waals surface area contributed by atoms with Gasteiger partial charge in [0.15, 0.2) is 0 Å². The second-order valence-electron chi connectivity index (χ2n) is 6.24. The SMILES string of the molecule is O=C(O)[C@@]12CCC[C@H]1CN(c1cc(C(F)(F)F)ncc1[N+](=O)[O-])C2. The van der Waals surface area contributed by atoms with Crippen LogP contribution in [0.2, 0.25) is 0 Å². The number of aliphatic carboxylic acids is 1. The Morgan fingerprint density at radius 3 is 2.75 bits per heavy atom. The minimum atomic E-state index is -4.73. The van der Waals surface area contributed by atoms with Gasteiger partial charge in [-0.2, -0.15) is 13.2 Å². The summed E-state index contributed by atoms with van der Waals surface area (Å²) < 4.78 is 38.6. The summed E-state index contributed by atoms with van der Waals surface area (Å²) in [7, 11) is 0. The number of pyridine rings is 1. The van der Waals surface area contributed by atoms with Gasteiger partial charge in [0.2, 0.25) is 0 Å². The fourth-order valence-corrected chi connectivity index (χ4v) is 3.81. The second-order valence-corrected chi connectivity index (χ2v) is 6.24. The number of hydrogen-bond acceptors (Lipinski definition) is 5. The average Bonchev–Trinajstić information content (AvgIpc) is 3.03. The third-order valence-corrected chi connectivity index (χ3v) is 4.99. The topological polar surface area (TPSA) is 96.6 Å². The Morgan fingerprint density at radius 2 is 2.21 bits per heavy atom. The smallest absolute Gasteiger partial charge is 0.433 e. The second kappa shape index (κ2) is 5.32. The number of nitrogens with zero attached hydrogens (tertiary/aromatic N) is 3. The number of hydrogen-bond donors (Lipinski definition) is 1. The first-order valence-electron chi connectivity index (χ1n) is 7.35. The van der Waals surface area contributed by atoms with Crippen molar-refractivity contribution in [3.05, 3.63) is 28.1 Å². The Balaban J connectivity index is 2.03. The number of anilines is 1. The number of carbonyl (C=O) groups is 1. The highest BCUT2D eigenvalue weighted by Crippen LogP contribution is 2.51. The van der Waals surface area contributed by atoms with Gasteiger partial charge in [0.05, 0.1) is 10.3 Å². The molecule has 1 saturated carbocycles. The number of rotatable bonds is 3. The van der Waals surface area contributed by atoms with Gasteiger partial charge in [0.1, 0.15) is 17.6 Å². The van der Waals surface area contributed by atoms with Crippen molar-refractivity contribution in [1.82, 2.24) is 4.98 Å². The molecule has 1 N–H and O–H groups in total. The Bertz CT molecular complexity index is 709. The van der Waals surface area contributed by atoms with Crippen molar-refractivity contribution in [2.24, 2.45) is 11.3 Å². The highest BCUT2D eigenvalue weighted by molar-refractivity contribution is 5.78. The van der Waals surface area contributed by atoms with Gasteiger partial charge < -0.3 is 10.0 Å². The van der Waals surface area contributed by atoms with Crippen molar-refractivity contribution >= 4 is 17.3 Å². The normalized spacial score (nSPS) is 26.5. The summed E-state index contributed by atoms with van der Waals surface area (Å²) in [4.78, 5) is 26.5. The van der Waals surface area contributed by atoms with E-state index in [1.54, 1.807) is 0 Å². The summed E-state index contributed by atoms with van der Waals surface area (Å²) in [5.41, 5.74) is -3.05. The molecule has 3 rings (SSSR count). The van der Waals surface area contributed by atoms with Crippen LogP contribution in [0.1, 0.15) is 25.0 Å². The van der Waals surface area contributed by atoms with E-state index in [-0.39, 0.29) is 24.7 Å². The number of halogens is 3. The van der Waals surface area contributed by atoms with Crippen LogP contribution < -0.4 is 4.90 Å². The summed E-state index contributed by atoms with van der Waals surface area (Å²) in [5, 5.41) is 20.7. The Morgan fingerprint density at radius 1 is 1.50 bits per heavy atom. The molecule has 130 valence electrons.